The largest absolute Gasteiger partial charge is 0.325 e. The van der Waals surface area contributed by atoms with Crippen LogP contribution >= 0.6 is 15.9 Å². The molecule has 0 spiro atoms. The fraction of sp³-hybridized carbons (Fsp3) is 0.500. The summed E-state index contributed by atoms with van der Waals surface area (Å²) < 4.78 is 0.908. The zero-order valence-corrected chi connectivity index (χ0v) is 11.2. The first-order chi connectivity index (χ1) is 8.25. The van der Waals surface area contributed by atoms with Crippen molar-refractivity contribution < 1.29 is 4.79 Å². The fourth-order valence-electron chi connectivity index (χ4n) is 1.91. The van der Waals surface area contributed by atoms with Gasteiger partial charge < -0.3 is 4.90 Å². The zero-order valence-electron chi connectivity index (χ0n) is 9.66. The van der Waals surface area contributed by atoms with Crippen molar-refractivity contribution in [2.45, 2.75) is 25.7 Å². The molecule has 1 aliphatic rings. The molecule has 0 unspecified atom stereocenters. The molecule has 0 aromatic carbocycles. The van der Waals surface area contributed by atoms with Gasteiger partial charge in [0.2, 0.25) is 0 Å². The highest BCUT2D eigenvalue weighted by molar-refractivity contribution is 9.10. The van der Waals surface area contributed by atoms with Gasteiger partial charge in [0.25, 0.3) is 0 Å². The molecule has 2 heterocycles. The van der Waals surface area contributed by atoms with Gasteiger partial charge in [-0.1, -0.05) is 12.8 Å². The average Bonchev–Trinajstić information content (AvgIpc) is 2.61. The smallest absolute Gasteiger partial charge is 0.323 e. The van der Waals surface area contributed by atoms with E-state index in [-0.39, 0.29) is 6.03 Å². The first-order valence-corrected chi connectivity index (χ1v) is 6.72. The molecule has 0 saturated carbocycles. The molecular weight excluding hydrogens is 282 g/mol. The minimum atomic E-state index is -0.0401. The number of nitrogens with zero attached hydrogens (tertiary/aromatic N) is 2. The summed E-state index contributed by atoms with van der Waals surface area (Å²) in [6.07, 6.45) is 6.32. The maximum Gasteiger partial charge on any atom is 0.323 e. The third kappa shape index (κ3) is 3.70. The van der Waals surface area contributed by atoms with Crippen molar-refractivity contribution in [3.63, 3.8) is 0 Å². The minimum absolute atomic E-state index is 0.0401. The van der Waals surface area contributed by atoms with Gasteiger partial charge in [0, 0.05) is 23.8 Å². The number of halogens is 1. The second kappa shape index (κ2) is 6.00. The number of aromatic nitrogens is 1. The Morgan fingerprint density at radius 3 is 2.53 bits per heavy atom. The van der Waals surface area contributed by atoms with Gasteiger partial charge in [0.15, 0.2) is 0 Å². The summed E-state index contributed by atoms with van der Waals surface area (Å²) in [5, 5.41) is 2.82. The van der Waals surface area contributed by atoms with Crippen molar-refractivity contribution >= 4 is 27.8 Å². The first kappa shape index (κ1) is 12.4. The van der Waals surface area contributed by atoms with Gasteiger partial charge in [-0.25, -0.2) is 9.78 Å². The normalized spacial score (nSPS) is 16.4. The standard InChI is InChI=1S/C12H16BrN3O/c13-10-5-6-11(14-9-10)15-12(17)16-7-3-1-2-4-8-16/h5-6,9H,1-4,7-8H2,(H,14,15,17). The molecule has 0 aliphatic carbocycles. The highest BCUT2D eigenvalue weighted by Crippen LogP contribution is 2.13. The molecule has 1 saturated heterocycles. The van der Waals surface area contributed by atoms with Crippen LogP contribution < -0.4 is 5.32 Å². The zero-order chi connectivity index (χ0) is 12.1. The van der Waals surface area contributed by atoms with Gasteiger partial charge in [0.1, 0.15) is 5.82 Å². The SMILES string of the molecule is O=C(Nc1ccc(Br)cn1)N1CCCCCC1. The van der Waals surface area contributed by atoms with E-state index in [0.29, 0.717) is 5.82 Å². The van der Waals surface area contributed by atoms with Gasteiger partial charge >= 0.3 is 6.03 Å². The number of hydrogen-bond donors (Lipinski definition) is 1. The summed E-state index contributed by atoms with van der Waals surface area (Å²) in [5.74, 6) is 0.599. The van der Waals surface area contributed by atoms with E-state index in [2.05, 4.69) is 26.2 Å². The predicted octanol–water partition coefficient (Wildman–Crippen LogP) is 3.25. The van der Waals surface area contributed by atoms with Crippen LogP contribution in [0.3, 0.4) is 0 Å². The Labute approximate surface area is 110 Å². The molecule has 2 amide bonds. The highest BCUT2D eigenvalue weighted by atomic mass is 79.9. The number of urea groups is 1. The monoisotopic (exact) mass is 297 g/mol. The number of anilines is 1. The molecule has 1 aliphatic heterocycles. The number of rotatable bonds is 1. The molecule has 1 aromatic heterocycles. The molecule has 5 heteroatoms. The van der Waals surface area contributed by atoms with Crippen LogP contribution in [0.15, 0.2) is 22.8 Å². The molecular formula is C12H16BrN3O. The maximum atomic E-state index is 12.0. The lowest BCUT2D eigenvalue weighted by atomic mass is 10.2. The Bertz CT molecular complexity index is 372. The Hall–Kier alpha value is -1.10. The van der Waals surface area contributed by atoms with Crippen molar-refractivity contribution in [1.82, 2.24) is 9.88 Å². The van der Waals surface area contributed by atoms with E-state index in [1.165, 1.54) is 12.8 Å². The Kier molecular flexibility index (Phi) is 4.36. The van der Waals surface area contributed by atoms with Crippen molar-refractivity contribution in [1.29, 1.82) is 0 Å². The van der Waals surface area contributed by atoms with E-state index in [1.807, 2.05) is 11.0 Å². The molecule has 17 heavy (non-hydrogen) atoms. The second-order valence-electron chi connectivity index (χ2n) is 4.19. The fourth-order valence-corrected chi connectivity index (χ4v) is 2.15. The molecule has 4 nitrogen and oxygen atoms in total. The van der Waals surface area contributed by atoms with Gasteiger partial charge in [-0.05, 0) is 40.9 Å². The van der Waals surface area contributed by atoms with Crippen LogP contribution in [0, 0.1) is 0 Å². The topological polar surface area (TPSA) is 45.2 Å². The summed E-state index contributed by atoms with van der Waals surface area (Å²) in [5.41, 5.74) is 0. The molecule has 0 radical (unpaired) electrons. The molecule has 92 valence electrons. The summed E-state index contributed by atoms with van der Waals surface area (Å²) in [6, 6.07) is 3.62. The van der Waals surface area contributed by atoms with E-state index >= 15 is 0 Å². The third-order valence-corrected chi connectivity index (χ3v) is 3.32. The van der Waals surface area contributed by atoms with Crippen molar-refractivity contribution in [3.05, 3.63) is 22.8 Å². The number of pyridine rings is 1. The van der Waals surface area contributed by atoms with Crippen LogP contribution in [-0.2, 0) is 0 Å². The quantitative estimate of drug-likeness (QED) is 0.865. The van der Waals surface area contributed by atoms with E-state index in [9.17, 15) is 4.79 Å². The number of nitrogens with one attached hydrogen (secondary N) is 1. The number of carbonyl (C=O) groups is 1. The van der Waals surface area contributed by atoms with Crippen LogP contribution in [0.2, 0.25) is 0 Å². The Morgan fingerprint density at radius 2 is 1.94 bits per heavy atom. The summed E-state index contributed by atoms with van der Waals surface area (Å²) in [6.45, 7) is 1.70. The van der Waals surface area contributed by atoms with E-state index in [0.717, 1.165) is 30.4 Å². The average molecular weight is 298 g/mol. The van der Waals surface area contributed by atoms with Gasteiger partial charge in [-0.15, -0.1) is 0 Å². The van der Waals surface area contributed by atoms with Crippen molar-refractivity contribution in [2.75, 3.05) is 18.4 Å². The lowest BCUT2D eigenvalue weighted by molar-refractivity contribution is 0.213. The summed E-state index contributed by atoms with van der Waals surface area (Å²) in [7, 11) is 0. The number of likely N-dealkylation sites (tertiary alicyclic amines) is 1. The Morgan fingerprint density at radius 1 is 1.24 bits per heavy atom. The first-order valence-electron chi connectivity index (χ1n) is 5.93. The minimum Gasteiger partial charge on any atom is -0.325 e. The van der Waals surface area contributed by atoms with Crippen molar-refractivity contribution in [3.8, 4) is 0 Å². The van der Waals surface area contributed by atoms with Crippen LogP contribution in [0.1, 0.15) is 25.7 Å². The summed E-state index contributed by atoms with van der Waals surface area (Å²) >= 11 is 3.31. The van der Waals surface area contributed by atoms with Gasteiger partial charge in [0.05, 0.1) is 0 Å². The van der Waals surface area contributed by atoms with Gasteiger partial charge in [-0.3, -0.25) is 5.32 Å². The number of amides is 2. The van der Waals surface area contributed by atoms with E-state index in [1.54, 1.807) is 12.3 Å². The molecule has 1 N–H and O–H groups in total. The van der Waals surface area contributed by atoms with Crippen LogP contribution in [0.25, 0.3) is 0 Å². The van der Waals surface area contributed by atoms with E-state index < -0.39 is 0 Å². The van der Waals surface area contributed by atoms with E-state index in [4.69, 9.17) is 0 Å². The lowest BCUT2D eigenvalue weighted by Crippen LogP contribution is -2.35. The maximum absolute atomic E-state index is 12.0. The number of hydrogen-bond acceptors (Lipinski definition) is 2. The molecule has 2 rings (SSSR count). The summed E-state index contributed by atoms with van der Waals surface area (Å²) in [4.78, 5) is 18.0. The van der Waals surface area contributed by atoms with Crippen LogP contribution in [0.4, 0.5) is 10.6 Å². The lowest BCUT2D eigenvalue weighted by Gasteiger charge is -2.20. The molecule has 0 atom stereocenters. The van der Waals surface area contributed by atoms with Crippen molar-refractivity contribution in [2.24, 2.45) is 0 Å². The molecule has 1 fully saturated rings. The van der Waals surface area contributed by atoms with Crippen LogP contribution in [0.5, 0.6) is 0 Å². The second-order valence-corrected chi connectivity index (χ2v) is 5.11. The Balaban J connectivity index is 1.93. The highest BCUT2D eigenvalue weighted by Gasteiger charge is 2.15. The van der Waals surface area contributed by atoms with Crippen LogP contribution in [-0.4, -0.2) is 29.0 Å². The predicted molar refractivity (Wildman–Crippen MR) is 71.0 cm³/mol. The third-order valence-electron chi connectivity index (χ3n) is 2.86. The molecule has 1 aromatic rings. The molecule has 0 bridgehead atoms. The number of carbonyl (C=O) groups excluding carboxylic acids is 1. The van der Waals surface area contributed by atoms with Gasteiger partial charge in [-0.2, -0.15) is 0 Å².